The molecular formula is C17H17N3O3. The number of anilines is 1. The fourth-order valence-corrected chi connectivity index (χ4v) is 2.31. The second-order valence-electron chi connectivity index (χ2n) is 5.35. The Bertz CT molecular complexity index is 758. The van der Waals surface area contributed by atoms with Crippen LogP contribution in [-0.4, -0.2) is 18.4 Å². The number of amides is 2. The number of nitrogens with one attached hydrogen (secondary N) is 2. The largest absolute Gasteiger partial charge is 0.455 e. The predicted octanol–water partition coefficient (Wildman–Crippen LogP) is 1.35. The average Bonchev–Trinajstić information content (AvgIpc) is 2.54. The molecule has 3 rings (SSSR count). The molecular weight excluding hydrogens is 294 g/mol. The fourth-order valence-electron chi connectivity index (χ4n) is 2.31. The summed E-state index contributed by atoms with van der Waals surface area (Å²) in [7, 11) is 0. The summed E-state index contributed by atoms with van der Waals surface area (Å²) >= 11 is 0. The quantitative estimate of drug-likeness (QED) is 0.640. The van der Waals surface area contributed by atoms with Crippen molar-refractivity contribution in [3.8, 4) is 11.5 Å². The van der Waals surface area contributed by atoms with Crippen LogP contribution < -0.4 is 21.1 Å². The van der Waals surface area contributed by atoms with E-state index in [1.165, 1.54) is 0 Å². The van der Waals surface area contributed by atoms with Crippen LogP contribution >= 0.6 is 0 Å². The molecule has 23 heavy (non-hydrogen) atoms. The lowest BCUT2D eigenvalue weighted by Crippen LogP contribution is -2.37. The molecule has 0 atom stereocenters. The van der Waals surface area contributed by atoms with Crippen LogP contribution in [0, 0.1) is 0 Å². The van der Waals surface area contributed by atoms with E-state index in [1.807, 2.05) is 24.3 Å². The van der Waals surface area contributed by atoms with Crippen molar-refractivity contribution in [2.75, 3.05) is 12.3 Å². The smallest absolute Gasteiger partial charge is 0.239 e. The number of carbonyl (C=O) groups is 2. The number of benzene rings is 2. The number of hydrogen-bond acceptors (Lipinski definition) is 4. The Labute approximate surface area is 133 Å². The fraction of sp³-hybridized carbons (Fsp3) is 0.176. The van der Waals surface area contributed by atoms with Gasteiger partial charge in [0.15, 0.2) is 5.75 Å². The van der Waals surface area contributed by atoms with E-state index in [0.29, 0.717) is 23.7 Å². The molecule has 2 aromatic carbocycles. The van der Waals surface area contributed by atoms with E-state index in [9.17, 15) is 9.59 Å². The predicted molar refractivity (Wildman–Crippen MR) is 85.9 cm³/mol. The average molecular weight is 311 g/mol. The van der Waals surface area contributed by atoms with Crippen molar-refractivity contribution in [3.05, 3.63) is 53.6 Å². The number of ether oxygens (including phenoxy) is 1. The molecule has 0 radical (unpaired) electrons. The minimum atomic E-state index is -0.236. The number of nitrogens with two attached hydrogens (primary N) is 1. The first-order chi connectivity index (χ1) is 11.1. The standard InChI is InChI=1S/C17H17N3O3/c18-14-5-4-11-7-15(14)23-13-3-1-2-12(6-13)9-19-17(22)10-20-16(21)8-11/h1-7H,8-10,18H2,(H,19,22)(H,20,21). The highest BCUT2D eigenvalue weighted by Gasteiger charge is 2.11. The van der Waals surface area contributed by atoms with Gasteiger partial charge in [-0.3, -0.25) is 9.59 Å². The minimum Gasteiger partial charge on any atom is -0.455 e. The van der Waals surface area contributed by atoms with Crippen LogP contribution in [0.5, 0.6) is 11.5 Å². The molecule has 6 nitrogen and oxygen atoms in total. The maximum absolute atomic E-state index is 11.9. The lowest BCUT2D eigenvalue weighted by molar-refractivity contribution is -0.125. The highest BCUT2D eigenvalue weighted by atomic mass is 16.5. The number of fused-ring (bicyclic) bond motifs is 4. The normalized spacial score (nSPS) is 15.0. The van der Waals surface area contributed by atoms with Crippen molar-refractivity contribution in [2.45, 2.75) is 13.0 Å². The summed E-state index contributed by atoms with van der Waals surface area (Å²) in [5.74, 6) is 0.668. The Morgan fingerprint density at radius 2 is 1.74 bits per heavy atom. The molecule has 0 unspecified atom stereocenters. The third-order valence-corrected chi connectivity index (χ3v) is 3.50. The molecule has 0 saturated heterocycles. The highest BCUT2D eigenvalue weighted by molar-refractivity contribution is 5.85. The first-order valence-electron chi connectivity index (χ1n) is 7.29. The van der Waals surface area contributed by atoms with E-state index in [2.05, 4.69) is 10.6 Å². The number of nitrogen functional groups attached to an aromatic ring is 1. The summed E-state index contributed by atoms with van der Waals surface area (Å²) in [6.07, 6.45) is 0.157. The van der Waals surface area contributed by atoms with Gasteiger partial charge in [-0.25, -0.2) is 0 Å². The SMILES string of the molecule is Nc1ccc2cc1Oc1cccc(c1)CNC(=O)CNC(=O)C2. The second-order valence-corrected chi connectivity index (χ2v) is 5.35. The third-order valence-electron chi connectivity index (χ3n) is 3.50. The Balaban J connectivity index is 1.96. The van der Waals surface area contributed by atoms with Crippen molar-refractivity contribution < 1.29 is 14.3 Å². The summed E-state index contributed by atoms with van der Waals surface area (Å²) in [4.78, 5) is 23.6. The van der Waals surface area contributed by atoms with Gasteiger partial charge >= 0.3 is 0 Å². The summed E-state index contributed by atoms with van der Waals surface area (Å²) in [5.41, 5.74) is 8.11. The minimum absolute atomic E-state index is 0.0448. The van der Waals surface area contributed by atoms with E-state index in [-0.39, 0.29) is 24.8 Å². The van der Waals surface area contributed by atoms with Crippen LogP contribution in [0.4, 0.5) is 5.69 Å². The molecule has 0 saturated carbocycles. The van der Waals surface area contributed by atoms with Gasteiger partial charge in [-0.2, -0.15) is 0 Å². The van der Waals surface area contributed by atoms with E-state index >= 15 is 0 Å². The van der Waals surface area contributed by atoms with Crippen molar-refractivity contribution in [2.24, 2.45) is 0 Å². The maximum Gasteiger partial charge on any atom is 0.239 e. The van der Waals surface area contributed by atoms with E-state index < -0.39 is 0 Å². The summed E-state index contributed by atoms with van der Waals surface area (Å²) < 4.78 is 5.83. The number of hydrogen-bond donors (Lipinski definition) is 3. The van der Waals surface area contributed by atoms with E-state index in [0.717, 1.165) is 11.1 Å². The van der Waals surface area contributed by atoms with E-state index in [4.69, 9.17) is 10.5 Å². The molecule has 1 aliphatic rings. The third kappa shape index (κ3) is 3.79. The molecule has 118 valence electrons. The lowest BCUT2D eigenvalue weighted by Gasteiger charge is -2.13. The Morgan fingerprint density at radius 3 is 2.61 bits per heavy atom. The molecule has 6 heteroatoms. The lowest BCUT2D eigenvalue weighted by atomic mass is 10.1. The van der Waals surface area contributed by atoms with Crippen molar-refractivity contribution in [1.29, 1.82) is 0 Å². The zero-order chi connectivity index (χ0) is 16.2. The maximum atomic E-state index is 11.9. The molecule has 0 aliphatic carbocycles. The van der Waals surface area contributed by atoms with Gasteiger partial charge in [0, 0.05) is 6.54 Å². The van der Waals surface area contributed by atoms with Gasteiger partial charge in [-0.1, -0.05) is 18.2 Å². The van der Waals surface area contributed by atoms with Gasteiger partial charge in [-0.05, 0) is 35.4 Å². The molecule has 4 bridgehead atoms. The zero-order valence-electron chi connectivity index (χ0n) is 12.5. The van der Waals surface area contributed by atoms with Gasteiger partial charge in [0.05, 0.1) is 18.7 Å². The van der Waals surface area contributed by atoms with Gasteiger partial charge in [0.1, 0.15) is 5.75 Å². The second kappa shape index (κ2) is 6.39. The summed E-state index contributed by atoms with van der Waals surface area (Å²) in [6, 6.07) is 12.6. The number of rotatable bonds is 0. The van der Waals surface area contributed by atoms with Crippen LogP contribution in [0.2, 0.25) is 0 Å². The Kier molecular flexibility index (Phi) is 4.14. The Morgan fingerprint density at radius 1 is 0.913 bits per heavy atom. The molecule has 1 aliphatic heterocycles. The molecule has 4 N–H and O–H groups in total. The number of carbonyl (C=O) groups excluding carboxylic acids is 2. The van der Waals surface area contributed by atoms with E-state index in [1.54, 1.807) is 18.2 Å². The molecule has 2 amide bonds. The van der Waals surface area contributed by atoms with Crippen LogP contribution in [0.15, 0.2) is 42.5 Å². The van der Waals surface area contributed by atoms with Crippen LogP contribution in [-0.2, 0) is 22.6 Å². The summed E-state index contributed by atoms with van der Waals surface area (Å²) in [5, 5.41) is 5.34. The van der Waals surface area contributed by atoms with Crippen molar-refractivity contribution in [3.63, 3.8) is 0 Å². The molecule has 0 spiro atoms. The first kappa shape index (κ1) is 14.9. The van der Waals surface area contributed by atoms with Gasteiger partial charge < -0.3 is 21.1 Å². The van der Waals surface area contributed by atoms with Crippen LogP contribution in [0.25, 0.3) is 0 Å². The topological polar surface area (TPSA) is 93.4 Å². The van der Waals surface area contributed by atoms with Crippen molar-refractivity contribution in [1.82, 2.24) is 10.6 Å². The first-order valence-corrected chi connectivity index (χ1v) is 7.29. The Hall–Kier alpha value is -3.02. The highest BCUT2D eigenvalue weighted by Crippen LogP contribution is 2.29. The monoisotopic (exact) mass is 311 g/mol. The van der Waals surface area contributed by atoms with Gasteiger partial charge in [-0.15, -0.1) is 0 Å². The van der Waals surface area contributed by atoms with Gasteiger partial charge in [0.25, 0.3) is 0 Å². The molecule has 0 fully saturated rings. The molecule has 2 aromatic rings. The van der Waals surface area contributed by atoms with Gasteiger partial charge in [0.2, 0.25) is 11.8 Å². The van der Waals surface area contributed by atoms with Crippen LogP contribution in [0.3, 0.4) is 0 Å². The zero-order valence-corrected chi connectivity index (χ0v) is 12.5. The molecule has 1 heterocycles. The van der Waals surface area contributed by atoms with Crippen molar-refractivity contribution >= 4 is 17.5 Å². The molecule has 0 aromatic heterocycles. The summed E-state index contributed by atoms with van der Waals surface area (Å²) in [6.45, 7) is 0.318. The van der Waals surface area contributed by atoms with Crippen LogP contribution in [0.1, 0.15) is 11.1 Å².